The van der Waals surface area contributed by atoms with Crippen molar-refractivity contribution in [1.29, 1.82) is 0 Å². The summed E-state index contributed by atoms with van der Waals surface area (Å²) in [5, 5.41) is 11.7. The van der Waals surface area contributed by atoms with E-state index in [2.05, 4.69) is 20.9 Å². The molecule has 1 aromatic heterocycles. The minimum absolute atomic E-state index is 0.0578. The second-order valence-corrected chi connectivity index (χ2v) is 7.33. The van der Waals surface area contributed by atoms with Crippen molar-refractivity contribution in [2.24, 2.45) is 0 Å². The molecule has 2 N–H and O–H groups in total. The molecule has 1 amide bonds. The highest BCUT2D eigenvalue weighted by Crippen LogP contribution is 2.37. The van der Waals surface area contributed by atoms with E-state index in [1.807, 2.05) is 73.1 Å². The zero-order valence-corrected chi connectivity index (χ0v) is 15.3. The summed E-state index contributed by atoms with van der Waals surface area (Å²) in [5.41, 5.74) is 6.31. The highest BCUT2D eigenvalue weighted by Gasteiger charge is 2.37. The molecular formula is C19H19N5OS. The van der Waals surface area contributed by atoms with Gasteiger partial charge in [-0.3, -0.25) is 4.79 Å². The zero-order chi connectivity index (χ0) is 18.1. The molecule has 26 heavy (non-hydrogen) atoms. The van der Waals surface area contributed by atoms with Gasteiger partial charge in [-0.1, -0.05) is 60.3 Å². The van der Waals surface area contributed by atoms with Gasteiger partial charge in [0.05, 0.1) is 6.04 Å². The molecule has 2 atom stereocenters. The third-order valence-electron chi connectivity index (χ3n) is 4.42. The number of rotatable bonds is 3. The summed E-state index contributed by atoms with van der Waals surface area (Å²) in [6.07, 6.45) is 0. The third-order valence-corrected chi connectivity index (χ3v) is 5.63. The van der Waals surface area contributed by atoms with Crippen LogP contribution in [0, 0.1) is 13.8 Å². The number of aromatic nitrogens is 3. The van der Waals surface area contributed by atoms with Crippen molar-refractivity contribution >= 4 is 23.4 Å². The standard InChI is InChI=1S/C19H19N5OS/c1-12-8-6-7-11-15(12)20-18(25)17-16(14-9-4-3-5-10-14)23-24-13(2)21-22-19(24)26-17/h3-11,16-17,23H,1-2H3,(H,20,25)/t16-,17+/m0/s1. The van der Waals surface area contributed by atoms with E-state index in [1.54, 1.807) is 0 Å². The van der Waals surface area contributed by atoms with Gasteiger partial charge in [0.1, 0.15) is 11.1 Å². The van der Waals surface area contributed by atoms with Crippen LogP contribution in [0.4, 0.5) is 5.69 Å². The molecule has 4 rings (SSSR count). The quantitative estimate of drug-likeness (QED) is 0.745. The number of aryl methyl sites for hydroxylation is 2. The number of amides is 1. The first kappa shape index (κ1) is 16.7. The highest BCUT2D eigenvalue weighted by molar-refractivity contribution is 8.00. The first-order valence-corrected chi connectivity index (χ1v) is 9.28. The van der Waals surface area contributed by atoms with E-state index in [0.717, 1.165) is 22.6 Å². The molecule has 0 saturated heterocycles. The van der Waals surface area contributed by atoms with Crippen molar-refractivity contribution in [2.75, 3.05) is 10.7 Å². The summed E-state index contributed by atoms with van der Waals surface area (Å²) in [4.78, 5) is 13.1. The predicted molar refractivity (Wildman–Crippen MR) is 103 cm³/mol. The number of para-hydroxylation sites is 1. The molecule has 0 saturated carbocycles. The molecule has 6 nitrogen and oxygen atoms in total. The molecule has 2 heterocycles. The smallest absolute Gasteiger partial charge is 0.240 e. The highest BCUT2D eigenvalue weighted by atomic mass is 32.2. The number of carbonyl (C=O) groups excluding carboxylic acids is 1. The average Bonchev–Trinajstić information content (AvgIpc) is 3.03. The maximum Gasteiger partial charge on any atom is 0.240 e. The van der Waals surface area contributed by atoms with E-state index in [4.69, 9.17) is 0 Å². The Balaban J connectivity index is 1.67. The summed E-state index contributed by atoms with van der Waals surface area (Å²) in [6, 6.07) is 17.6. The average molecular weight is 365 g/mol. The molecule has 0 aliphatic carbocycles. The van der Waals surface area contributed by atoms with Gasteiger partial charge in [-0.25, -0.2) is 4.68 Å². The van der Waals surface area contributed by atoms with Crippen molar-refractivity contribution in [1.82, 2.24) is 14.9 Å². The zero-order valence-electron chi connectivity index (χ0n) is 14.5. The van der Waals surface area contributed by atoms with Crippen LogP contribution in [-0.4, -0.2) is 26.0 Å². The van der Waals surface area contributed by atoms with Crippen LogP contribution in [0.25, 0.3) is 0 Å². The Morgan fingerprint density at radius 2 is 1.81 bits per heavy atom. The second kappa shape index (κ2) is 6.84. The lowest BCUT2D eigenvalue weighted by atomic mass is 10.0. The molecule has 1 aliphatic heterocycles. The van der Waals surface area contributed by atoms with E-state index < -0.39 is 0 Å². The van der Waals surface area contributed by atoms with E-state index in [0.29, 0.717) is 5.16 Å². The van der Waals surface area contributed by atoms with Crippen molar-refractivity contribution in [3.63, 3.8) is 0 Å². The molecule has 0 bridgehead atoms. The Morgan fingerprint density at radius 1 is 1.08 bits per heavy atom. The Morgan fingerprint density at radius 3 is 2.58 bits per heavy atom. The van der Waals surface area contributed by atoms with Gasteiger partial charge < -0.3 is 10.7 Å². The van der Waals surface area contributed by atoms with E-state index in [9.17, 15) is 4.79 Å². The molecular weight excluding hydrogens is 346 g/mol. The van der Waals surface area contributed by atoms with Crippen molar-refractivity contribution in [3.05, 3.63) is 71.5 Å². The number of carbonyl (C=O) groups is 1. The summed E-state index contributed by atoms with van der Waals surface area (Å²) < 4.78 is 1.85. The van der Waals surface area contributed by atoms with Gasteiger partial charge in [-0.2, -0.15) is 0 Å². The molecule has 0 radical (unpaired) electrons. The Labute approximate surface area is 156 Å². The fourth-order valence-corrected chi connectivity index (χ4v) is 4.11. The normalized spacial score (nSPS) is 18.7. The van der Waals surface area contributed by atoms with Crippen LogP contribution >= 0.6 is 11.8 Å². The fourth-order valence-electron chi connectivity index (χ4n) is 2.99. The van der Waals surface area contributed by atoms with Gasteiger partial charge >= 0.3 is 0 Å². The number of hydrogen-bond donors (Lipinski definition) is 2. The topological polar surface area (TPSA) is 71.8 Å². The summed E-state index contributed by atoms with van der Waals surface area (Å²) in [5.74, 6) is 0.712. The lowest BCUT2D eigenvalue weighted by Crippen LogP contribution is -2.41. The van der Waals surface area contributed by atoms with E-state index in [-0.39, 0.29) is 17.2 Å². The van der Waals surface area contributed by atoms with Crippen LogP contribution in [0.15, 0.2) is 59.8 Å². The molecule has 3 aromatic rings. The van der Waals surface area contributed by atoms with Gasteiger partial charge in [0.2, 0.25) is 11.1 Å². The number of nitrogens with one attached hydrogen (secondary N) is 2. The van der Waals surface area contributed by atoms with Gasteiger partial charge in [0, 0.05) is 5.69 Å². The predicted octanol–water partition coefficient (Wildman–Crippen LogP) is 3.29. The number of hydrogen-bond acceptors (Lipinski definition) is 5. The van der Waals surface area contributed by atoms with Gasteiger partial charge in [-0.05, 0) is 31.0 Å². The van der Waals surface area contributed by atoms with Crippen molar-refractivity contribution < 1.29 is 4.79 Å². The number of fused-ring (bicyclic) bond motifs is 1. The fraction of sp³-hybridized carbons (Fsp3) is 0.211. The maximum absolute atomic E-state index is 13.1. The number of thioether (sulfide) groups is 1. The van der Waals surface area contributed by atoms with Gasteiger partial charge in [0.25, 0.3) is 0 Å². The Bertz CT molecular complexity index is 940. The Kier molecular flexibility index (Phi) is 4.38. The lowest BCUT2D eigenvalue weighted by molar-refractivity contribution is -0.116. The van der Waals surface area contributed by atoms with Crippen LogP contribution < -0.4 is 10.7 Å². The lowest BCUT2D eigenvalue weighted by Gasteiger charge is -2.32. The van der Waals surface area contributed by atoms with Crippen molar-refractivity contribution in [2.45, 2.75) is 30.3 Å². The summed E-state index contributed by atoms with van der Waals surface area (Å²) in [6.45, 7) is 3.87. The molecule has 0 spiro atoms. The minimum Gasteiger partial charge on any atom is -0.325 e. The third kappa shape index (κ3) is 3.06. The molecule has 2 aromatic carbocycles. The number of benzene rings is 2. The molecule has 0 unspecified atom stereocenters. The van der Waals surface area contributed by atoms with Crippen LogP contribution in [0.5, 0.6) is 0 Å². The van der Waals surface area contributed by atoms with E-state index >= 15 is 0 Å². The minimum atomic E-state index is -0.367. The number of anilines is 1. The molecule has 1 aliphatic rings. The van der Waals surface area contributed by atoms with Gasteiger partial charge in [-0.15, -0.1) is 10.2 Å². The number of nitrogens with zero attached hydrogens (tertiary/aromatic N) is 3. The van der Waals surface area contributed by atoms with Crippen LogP contribution in [0.3, 0.4) is 0 Å². The second-order valence-electron chi connectivity index (χ2n) is 6.23. The van der Waals surface area contributed by atoms with Crippen LogP contribution in [0.2, 0.25) is 0 Å². The summed E-state index contributed by atoms with van der Waals surface area (Å²) in [7, 11) is 0. The van der Waals surface area contributed by atoms with Crippen molar-refractivity contribution in [3.8, 4) is 0 Å². The van der Waals surface area contributed by atoms with E-state index in [1.165, 1.54) is 11.8 Å². The first-order valence-electron chi connectivity index (χ1n) is 8.40. The Hall–Kier alpha value is -2.80. The monoisotopic (exact) mass is 365 g/mol. The molecule has 7 heteroatoms. The van der Waals surface area contributed by atoms with Crippen LogP contribution in [0.1, 0.15) is 23.0 Å². The largest absolute Gasteiger partial charge is 0.325 e. The maximum atomic E-state index is 13.1. The summed E-state index contributed by atoms with van der Waals surface area (Å²) >= 11 is 1.43. The molecule has 132 valence electrons. The first-order chi connectivity index (χ1) is 12.6. The molecule has 0 fully saturated rings. The van der Waals surface area contributed by atoms with Gasteiger partial charge in [0.15, 0.2) is 0 Å². The van der Waals surface area contributed by atoms with Crippen LogP contribution in [-0.2, 0) is 4.79 Å². The SMILES string of the molecule is Cc1ccccc1NC(=O)[C@@H]1Sc2nnc(C)n2N[C@H]1c1ccccc1.